The van der Waals surface area contributed by atoms with Gasteiger partial charge in [-0.3, -0.25) is 19.5 Å². The van der Waals surface area contributed by atoms with Crippen LogP contribution in [0.2, 0.25) is 0 Å². The first-order chi connectivity index (χ1) is 16.0. The average molecular weight is 449 g/mol. The molecule has 0 spiro atoms. The molecule has 1 amide bonds. The first-order valence-electron chi connectivity index (χ1n) is 11.8. The van der Waals surface area contributed by atoms with Gasteiger partial charge in [-0.1, -0.05) is 13.8 Å². The number of nitrogens with one attached hydrogen (secondary N) is 2. The second-order valence-electron chi connectivity index (χ2n) is 8.47. The van der Waals surface area contributed by atoms with E-state index in [1.165, 1.54) is 0 Å². The van der Waals surface area contributed by atoms with Gasteiger partial charge in [0.25, 0.3) is 11.5 Å². The molecular weight excluding hydrogens is 416 g/mol. The molecule has 8 heteroatoms. The van der Waals surface area contributed by atoms with E-state index in [0.29, 0.717) is 17.3 Å². The van der Waals surface area contributed by atoms with Crippen LogP contribution in [0.5, 0.6) is 0 Å². The zero-order valence-corrected chi connectivity index (χ0v) is 19.6. The average Bonchev–Trinajstić information content (AvgIpc) is 3.66. The molecule has 2 fully saturated rings. The summed E-state index contributed by atoms with van der Waals surface area (Å²) in [5, 5.41) is 2.97. The molecule has 4 heterocycles. The molecule has 0 radical (unpaired) electrons. The molecule has 1 aliphatic carbocycles. The van der Waals surface area contributed by atoms with E-state index in [0.717, 1.165) is 67.8 Å². The number of carbonyl (C=O) groups excluding carboxylic acids is 1. The van der Waals surface area contributed by atoms with E-state index in [1.54, 1.807) is 13.1 Å². The summed E-state index contributed by atoms with van der Waals surface area (Å²) in [5.41, 5.74) is 4.82. The number of H-pyrrole nitrogens is 1. The maximum Gasteiger partial charge on any atom is 0.270 e. The van der Waals surface area contributed by atoms with Crippen LogP contribution < -0.4 is 15.8 Å². The Morgan fingerprint density at radius 1 is 1.09 bits per heavy atom. The van der Waals surface area contributed by atoms with Gasteiger partial charge in [-0.25, -0.2) is 4.98 Å². The van der Waals surface area contributed by atoms with Crippen molar-refractivity contribution >= 4 is 22.6 Å². The summed E-state index contributed by atoms with van der Waals surface area (Å²) in [6.45, 7) is 10.2. The van der Waals surface area contributed by atoms with Crippen LogP contribution in [0.3, 0.4) is 0 Å². The van der Waals surface area contributed by atoms with Gasteiger partial charge in [-0.2, -0.15) is 0 Å². The van der Waals surface area contributed by atoms with Crippen molar-refractivity contribution < 1.29 is 4.79 Å². The fourth-order valence-electron chi connectivity index (χ4n) is 3.93. The monoisotopic (exact) mass is 448 g/mol. The lowest BCUT2D eigenvalue weighted by Crippen LogP contribution is -2.46. The number of rotatable bonds is 5. The second-order valence-corrected chi connectivity index (χ2v) is 8.47. The number of hydrogen-bond acceptors (Lipinski definition) is 6. The van der Waals surface area contributed by atoms with Crippen molar-refractivity contribution in [3.63, 3.8) is 0 Å². The predicted molar refractivity (Wildman–Crippen MR) is 131 cm³/mol. The Morgan fingerprint density at radius 2 is 1.85 bits per heavy atom. The minimum atomic E-state index is -0.0839. The number of aryl methyl sites for hydroxylation is 1. The van der Waals surface area contributed by atoms with E-state index in [9.17, 15) is 9.59 Å². The van der Waals surface area contributed by atoms with Gasteiger partial charge in [0.2, 0.25) is 0 Å². The van der Waals surface area contributed by atoms with Gasteiger partial charge in [-0.15, -0.1) is 0 Å². The molecule has 1 saturated heterocycles. The van der Waals surface area contributed by atoms with Gasteiger partial charge in [0, 0.05) is 50.5 Å². The molecule has 2 aliphatic rings. The topological polar surface area (TPSA) is 94.2 Å². The summed E-state index contributed by atoms with van der Waals surface area (Å²) >= 11 is 0. The zero-order chi connectivity index (χ0) is 23.4. The molecule has 1 saturated carbocycles. The van der Waals surface area contributed by atoms with Crippen LogP contribution >= 0.6 is 0 Å². The first-order valence-corrected chi connectivity index (χ1v) is 11.8. The van der Waals surface area contributed by atoms with Crippen molar-refractivity contribution in [2.75, 3.05) is 31.1 Å². The number of piperazine rings is 1. The highest BCUT2D eigenvalue weighted by Gasteiger charge is 2.24. The standard InChI is InChI=1S/C23H26N6O2.C2H6/c1-15-10-20-21(27-22(15)30)11-16(12-24-20)14-28-6-8-29(9-7-28)18-4-5-19(25-13-18)23(31)26-17-2-3-17;1-2/h4-5,10-13,17H,2-3,6-9,14H2,1H3,(H,26,31)(H,27,30);1-2H3. The van der Waals surface area contributed by atoms with Gasteiger partial charge in [0.15, 0.2) is 0 Å². The number of amides is 1. The Kier molecular flexibility index (Phi) is 7.03. The summed E-state index contributed by atoms with van der Waals surface area (Å²) in [5.74, 6) is -0.0839. The third-order valence-corrected chi connectivity index (χ3v) is 5.97. The van der Waals surface area contributed by atoms with Crippen molar-refractivity contribution in [2.24, 2.45) is 0 Å². The number of anilines is 1. The first kappa shape index (κ1) is 22.9. The Bertz CT molecular complexity index is 1160. The summed E-state index contributed by atoms with van der Waals surface area (Å²) < 4.78 is 0. The Morgan fingerprint density at radius 3 is 2.52 bits per heavy atom. The molecule has 174 valence electrons. The fraction of sp³-hybridized carbons (Fsp3) is 0.440. The van der Waals surface area contributed by atoms with Crippen LogP contribution in [-0.2, 0) is 6.54 Å². The predicted octanol–water partition coefficient (Wildman–Crippen LogP) is 2.87. The van der Waals surface area contributed by atoms with Crippen LogP contribution in [0, 0.1) is 6.92 Å². The molecule has 33 heavy (non-hydrogen) atoms. The molecule has 0 aromatic carbocycles. The molecule has 5 rings (SSSR count). The lowest BCUT2D eigenvalue weighted by molar-refractivity contribution is 0.0946. The number of pyridine rings is 3. The van der Waals surface area contributed by atoms with E-state index in [2.05, 4.69) is 30.1 Å². The largest absolute Gasteiger partial charge is 0.368 e. The quantitative estimate of drug-likeness (QED) is 0.623. The van der Waals surface area contributed by atoms with E-state index in [-0.39, 0.29) is 11.5 Å². The van der Waals surface area contributed by atoms with Gasteiger partial charge in [0.05, 0.1) is 22.9 Å². The summed E-state index contributed by atoms with van der Waals surface area (Å²) in [6, 6.07) is 7.97. The molecule has 3 aromatic heterocycles. The molecule has 0 bridgehead atoms. The van der Waals surface area contributed by atoms with Crippen LogP contribution in [0.4, 0.5) is 5.69 Å². The van der Waals surface area contributed by atoms with E-state index >= 15 is 0 Å². The minimum Gasteiger partial charge on any atom is -0.368 e. The number of fused-ring (bicyclic) bond motifs is 1. The van der Waals surface area contributed by atoms with Crippen molar-refractivity contribution in [2.45, 2.75) is 46.2 Å². The highest BCUT2D eigenvalue weighted by molar-refractivity contribution is 5.92. The van der Waals surface area contributed by atoms with Crippen molar-refractivity contribution in [1.29, 1.82) is 0 Å². The highest BCUT2D eigenvalue weighted by atomic mass is 16.2. The second kappa shape index (κ2) is 10.1. The molecular formula is C25H32N6O2. The van der Waals surface area contributed by atoms with Crippen LogP contribution in [0.15, 0.2) is 41.5 Å². The SMILES string of the molecule is CC.Cc1cc2ncc(CN3CCN(c4ccc(C(=O)NC5CC5)nc4)CC3)cc2[nH]c1=O. The lowest BCUT2D eigenvalue weighted by Gasteiger charge is -2.36. The molecule has 3 aromatic rings. The summed E-state index contributed by atoms with van der Waals surface area (Å²) in [4.78, 5) is 40.4. The van der Waals surface area contributed by atoms with Gasteiger partial charge < -0.3 is 15.2 Å². The highest BCUT2D eigenvalue weighted by Crippen LogP contribution is 2.20. The van der Waals surface area contributed by atoms with Crippen molar-refractivity contribution in [1.82, 2.24) is 25.2 Å². The third kappa shape index (κ3) is 5.57. The lowest BCUT2D eigenvalue weighted by atomic mass is 10.2. The Balaban J connectivity index is 0.00000126. The Hall–Kier alpha value is -3.26. The van der Waals surface area contributed by atoms with Crippen LogP contribution in [-0.4, -0.2) is 58.0 Å². The maximum atomic E-state index is 12.1. The summed E-state index contributed by atoms with van der Waals surface area (Å²) in [6.07, 6.45) is 5.83. The summed E-state index contributed by atoms with van der Waals surface area (Å²) in [7, 11) is 0. The van der Waals surface area contributed by atoms with Crippen molar-refractivity contribution in [3.05, 3.63) is 63.8 Å². The molecule has 1 aliphatic heterocycles. The van der Waals surface area contributed by atoms with Gasteiger partial charge in [0.1, 0.15) is 5.69 Å². The van der Waals surface area contributed by atoms with Gasteiger partial charge >= 0.3 is 0 Å². The van der Waals surface area contributed by atoms with E-state index < -0.39 is 0 Å². The van der Waals surface area contributed by atoms with Gasteiger partial charge in [-0.05, 0) is 49.6 Å². The number of aromatic nitrogens is 3. The number of hydrogen-bond donors (Lipinski definition) is 2. The number of aromatic amines is 1. The number of carbonyl (C=O) groups is 1. The molecule has 0 unspecified atom stereocenters. The molecule has 8 nitrogen and oxygen atoms in total. The molecule has 2 N–H and O–H groups in total. The van der Waals surface area contributed by atoms with Crippen molar-refractivity contribution in [3.8, 4) is 0 Å². The smallest absolute Gasteiger partial charge is 0.270 e. The van der Waals surface area contributed by atoms with Crippen LogP contribution in [0.25, 0.3) is 11.0 Å². The zero-order valence-electron chi connectivity index (χ0n) is 19.6. The molecule has 0 atom stereocenters. The van der Waals surface area contributed by atoms with E-state index in [1.807, 2.05) is 44.3 Å². The maximum absolute atomic E-state index is 12.1. The van der Waals surface area contributed by atoms with E-state index in [4.69, 9.17) is 0 Å². The third-order valence-electron chi connectivity index (χ3n) is 5.97. The number of nitrogens with zero attached hydrogens (tertiary/aromatic N) is 4. The minimum absolute atomic E-state index is 0.0651. The Labute approximate surface area is 194 Å². The normalized spacial score (nSPS) is 16.3. The fourth-order valence-corrected chi connectivity index (χ4v) is 3.93. The van der Waals surface area contributed by atoms with Crippen LogP contribution in [0.1, 0.15) is 48.3 Å².